The van der Waals surface area contributed by atoms with Crippen LogP contribution in [0.15, 0.2) is 12.4 Å². The van der Waals surface area contributed by atoms with Crippen molar-refractivity contribution >= 4 is 5.78 Å². The Balaban J connectivity index is 2.73. The molecule has 0 bridgehead atoms. The van der Waals surface area contributed by atoms with Gasteiger partial charge in [-0.25, -0.2) is 0 Å². The molecule has 0 N–H and O–H groups in total. The first-order valence-corrected chi connectivity index (χ1v) is 5.32. The lowest BCUT2D eigenvalue weighted by molar-refractivity contribution is 0.0578. The molecule has 0 amide bonds. The maximum atomic E-state index is 11.9. The Morgan fingerprint density at radius 1 is 1.60 bits per heavy atom. The van der Waals surface area contributed by atoms with E-state index in [-0.39, 0.29) is 11.9 Å². The summed E-state index contributed by atoms with van der Waals surface area (Å²) in [5.41, 5.74) is 0.636. The standard InChI is InChI=1S/C11H18N2O2/c1-4-6-10(15-3)11(14)9-7-12-13(5-2)8-9/h7-8,10H,4-6H2,1-3H3. The molecule has 1 aromatic heterocycles. The lowest BCUT2D eigenvalue weighted by atomic mass is 10.1. The minimum atomic E-state index is -0.329. The number of carbonyl (C=O) groups is 1. The Labute approximate surface area is 90.2 Å². The zero-order chi connectivity index (χ0) is 11.3. The van der Waals surface area contributed by atoms with E-state index >= 15 is 0 Å². The third-order valence-electron chi connectivity index (χ3n) is 2.37. The highest BCUT2D eigenvalue weighted by molar-refractivity contribution is 5.99. The molecule has 4 heteroatoms. The fraction of sp³-hybridized carbons (Fsp3) is 0.636. The number of ether oxygens (including phenoxy) is 1. The summed E-state index contributed by atoms with van der Waals surface area (Å²) in [5.74, 6) is 0.0269. The molecule has 0 radical (unpaired) electrons. The van der Waals surface area contributed by atoms with E-state index < -0.39 is 0 Å². The third-order valence-corrected chi connectivity index (χ3v) is 2.37. The van der Waals surface area contributed by atoms with Crippen LogP contribution in [-0.2, 0) is 11.3 Å². The van der Waals surface area contributed by atoms with Gasteiger partial charge >= 0.3 is 0 Å². The molecule has 1 aromatic rings. The molecule has 0 fully saturated rings. The molecule has 0 spiro atoms. The number of carbonyl (C=O) groups excluding carboxylic acids is 1. The first kappa shape index (κ1) is 11.9. The monoisotopic (exact) mass is 210 g/mol. The van der Waals surface area contributed by atoms with E-state index in [1.165, 1.54) is 0 Å². The van der Waals surface area contributed by atoms with Crippen molar-refractivity contribution in [3.8, 4) is 0 Å². The second-order valence-corrected chi connectivity index (χ2v) is 3.46. The van der Waals surface area contributed by atoms with E-state index in [1.54, 1.807) is 24.2 Å². The number of aromatic nitrogens is 2. The number of methoxy groups -OCH3 is 1. The molecule has 0 aromatic carbocycles. The number of hydrogen-bond acceptors (Lipinski definition) is 3. The number of nitrogens with zero attached hydrogens (tertiary/aromatic N) is 2. The number of rotatable bonds is 6. The molecule has 0 aliphatic rings. The van der Waals surface area contributed by atoms with Gasteiger partial charge in [-0.15, -0.1) is 0 Å². The van der Waals surface area contributed by atoms with Crippen LogP contribution < -0.4 is 0 Å². The van der Waals surface area contributed by atoms with Gasteiger partial charge in [0.2, 0.25) is 0 Å². The molecule has 1 heterocycles. The predicted molar refractivity (Wildman–Crippen MR) is 57.9 cm³/mol. The highest BCUT2D eigenvalue weighted by Crippen LogP contribution is 2.10. The van der Waals surface area contributed by atoms with Crippen molar-refractivity contribution < 1.29 is 9.53 Å². The summed E-state index contributed by atoms with van der Waals surface area (Å²) >= 11 is 0. The summed E-state index contributed by atoms with van der Waals surface area (Å²) in [6, 6.07) is 0. The van der Waals surface area contributed by atoms with E-state index in [0.29, 0.717) is 5.56 Å². The number of Topliss-reactive ketones (excluding diaryl/α,β-unsaturated/α-hetero) is 1. The maximum absolute atomic E-state index is 11.9. The van der Waals surface area contributed by atoms with Crippen molar-refractivity contribution in [3.05, 3.63) is 18.0 Å². The van der Waals surface area contributed by atoms with Crippen LogP contribution in [0.3, 0.4) is 0 Å². The average molecular weight is 210 g/mol. The van der Waals surface area contributed by atoms with Crippen molar-refractivity contribution in [1.82, 2.24) is 9.78 Å². The second kappa shape index (κ2) is 5.66. The Morgan fingerprint density at radius 3 is 2.80 bits per heavy atom. The molecule has 15 heavy (non-hydrogen) atoms. The molecule has 84 valence electrons. The van der Waals surface area contributed by atoms with Gasteiger partial charge in [0, 0.05) is 19.9 Å². The highest BCUT2D eigenvalue weighted by Gasteiger charge is 2.19. The van der Waals surface area contributed by atoms with Crippen molar-refractivity contribution in [2.24, 2.45) is 0 Å². The Hall–Kier alpha value is -1.16. The predicted octanol–water partition coefficient (Wildman–Crippen LogP) is 1.90. The maximum Gasteiger partial charge on any atom is 0.194 e. The molecular weight excluding hydrogens is 192 g/mol. The van der Waals surface area contributed by atoms with E-state index in [0.717, 1.165) is 19.4 Å². The first-order chi connectivity index (χ1) is 7.22. The molecule has 1 atom stereocenters. The van der Waals surface area contributed by atoms with Gasteiger partial charge in [0.1, 0.15) is 6.10 Å². The van der Waals surface area contributed by atoms with Crippen LogP contribution in [0.1, 0.15) is 37.0 Å². The normalized spacial score (nSPS) is 12.7. The second-order valence-electron chi connectivity index (χ2n) is 3.46. The van der Waals surface area contributed by atoms with Gasteiger partial charge in [0.25, 0.3) is 0 Å². The molecule has 4 nitrogen and oxygen atoms in total. The Bertz CT molecular complexity index is 320. The molecule has 0 saturated heterocycles. The number of hydrogen-bond donors (Lipinski definition) is 0. The quantitative estimate of drug-likeness (QED) is 0.673. The van der Waals surface area contributed by atoms with Crippen LogP contribution in [0.25, 0.3) is 0 Å². The van der Waals surface area contributed by atoms with Crippen molar-refractivity contribution in [1.29, 1.82) is 0 Å². The van der Waals surface area contributed by atoms with E-state index in [1.807, 2.05) is 13.8 Å². The minimum Gasteiger partial charge on any atom is -0.373 e. The lowest BCUT2D eigenvalue weighted by Gasteiger charge is -2.11. The number of ketones is 1. The lowest BCUT2D eigenvalue weighted by Crippen LogP contribution is -2.22. The third kappa shape index (κ3) is 2.89. The smallest absolute Gasteiger partial charge is 0.194 e. The summed E-state index contributed by atoms with van der Waals surface area (Å²) < 4.78 is 6.91. The first-order valence-electron chi connectivity index (χ1n) is 5.32. The van der Waals surface area contributed by atoms with Gasteiger partial charge in [-0.3, -0.25) is 9.48 Å². The van der Waals surface area contributed by atoms with Crippen LogP contribution in [0.2, 0.25) is 0 Å². The fourth-order valence-electron chi connectivity index (χ4n) is 1.47. The molecular formula is C11H18N2O2. The average Bonchev–Trinajstić information content (AvgIpc) is 2.73. The zero-order valence-corrected chi connectivity index (χ0v) is 9.56. The van der Waals surface area contributed by atoms with Gasteiger partial charge in [0.05, 0.1) is 11.8 Å². The van der Waals surface area contributed by atoms with Crippen molar-refractivity contribution in [3.63, 3.8) is 0 Å². The summed E-state index contributed by atoms with van der Waals surface area (Å²) in [4.78, 5) is 11.9. The van der Waals surface area contributed by atoms with Crippen LogP contribution >= 0.6 is 0 Å². The van der Waals surface area contributed by atoms with Crippen LogP contribution in [0, 0.1) is 0 Å². The number of aryl methyl sites for hydroxylation is 1. The summed E-state index contributed by atoms with van der Waals surface area (Å²) in [7, 11) is 1.57. The molecule has 0 saturated carbocycles. The minimum absolute atomic E-state index is 0.0269. The highest BCUT2D eigenvalue weighted by atomic mass is 16.5. The molecule has 1 unspecified atom stereocenters. The summed E-state index contributed by atoms with van der Waals surface area (Å²) in [5, 5.41) is 4.07. The van der Waals surface area contributed by atoms with Crippen molar-refractivity contribution in [2.75, 3.05) is 7.11 Å². The van der Waals surface area contributed by atoms with Gasteiger partial charge < -0.3 is 4.74 Å². The fourth-order valence-corrected chi connectivity index (χ4v) is 1.47. The van der Waals surface area contributed by atoms with Crippen LogP contribution in [0.5, 0.6) is 0 Å². The van der Waals surface area contributed by atoms with Crippen LogP contribution in [-0.4, -0.2) is 28.8 Å². The largest absolute Gasteiger partial charge is 0.373 e. The molecule has 1 rings (SSSR count). The van der Waals surface area contributed by atoms with E-state index in [2.05, 4.69) is 5.10 Å². The van der Waals surface area contributed by atoms with Gasteiger partial charge in [-0.1, -0.05) is 13.3 Å². The zero-order valence-electron chi connectivity index (χ0n) is 9.56. The summed E-state index contributed by atoms with van der Waals surface area (Å²) in [6.07, 6.45) is 4.74. The Kier molecular flexibility index (Phi) is 4.49. The van der Waals surface area contributed by atoms with Gasteiger partial charge in [0.15, 0.2) is 5.78 Å². The van der Waals surface area contributed by atoms with Crippen molar-refractivity contribution in [2.45, 2.75) is 39.3 Å². The molecule has 0 aliphatic carbocycles. The SMILES string of the molecule is CCCC(OC)C(=O)c1cnn(CC)c1. The van der Waals surface area contributed by atoms with E-state index in [9.17, 15) is 4.79 Å². The topological polar surface area (TPSA) is 44.1 Å². The Morgan fingerprint density at radius 2 is 2.33 bits per heavy atom. The molecule has 0 aliphatic heterocycles. The van der Waals surface area contributed by atoms with Gasteiger partial charge in [-0.2, -0.15) is 5.10 Å². The summed E-state index contributed by atoms with van der Waals surface area (Å²) in [6.45, 7) is 4.80. The van der Waals surface area contributed by atoms with Crippen LogP contribution in [0.4, 0.5) is 0 Å². The van der Waals surface area contributed by atoms with Gasteiger partial charge in [-0.05, 0) is 13.3 Å². The van der Waals surface area contributed by atoms with E-state index in [4.69, 9.17) is 4.74 Å².